The van der Waals surface area contributed by atoms with Crippen LogP contribution in [0.5, 0.6) is 0 Å². The number of aryl methyl sites for hydroxylation is 2. The van der Waals surface area contributed by atoms with Crippen molar-refractivity contribution in [2.24, 2.45) is 79.7 Å². The van der Waals surface area contributed by atoms with Gasteiger partial charge in [0.15, 0.2) is 6.23 Å². The fraction of sp³-hybridized carbons (Fsp3) is 0.677. The highest BCUT2D eigenvalue weighted by atomic mass is 31.2. The zero-order chi connectivity index (χ0) is 66.7. The lowest BCUT2D eigenvalue weighted by Gasteiger charge is -2.49. The number of aromatic nitrogens is 2. The highest BCUT2D eigenvalue weighted by Gasteiger charge is 2.68. The van der Waals surface area contributed by atoms with Crippen LogP contribution in [0, 0.1) is 59.2 Å². The lowest BCUT2D eigenvalue weighted by atomic mass is 9.56. The summed E-state index contributed by atoms with van der Waals surface area (Å²) in [4.78, 5) is 109. The van der Waals surface area contributed by atoms with Gasteiger partial charge in [0.25, 0.3) is 0 Å². The molecule has 0 spiro atoms. The van der Waals surface area contributed by atoms with E-state index < -0.39 is 156 Å². The van der Waals surface area contributed by atoms with Crippen molar-refractivity contribution in [1.82, 2.24) is 36.1 Å². The SMILES string of the molecule is C/C1=C2/N[C@H]([C@H](CC(N)=O)[C@@]2(C)CCC(=O)NC[C@@H](C)OP(=O)(O)O[C@H]2[C@@H](O)[C@@H](n3cnc4cc(C)c(C)cc43)O[C@@H]2CO)[C@]2(C)NC(/C(C)=C3\NC(/C=C4/NC1[C@@H](CCC(N)=O)C4(C)C)[C@@H](CCC(N)=O)[C@]3(C)CC(N)=O)[C@@H](CCC(N)=O)[C@]2(C)CC(N)=O. The van der Waals surface area contributed by atoms with Crippen LogP contribution in [0.1, 0.15) is 150 Å². The number of hydrogen-bond donors (Lipinski definition) is 14. The number of allylic oxidation sites excluding steroid dienone is 3. The van der Waals surface area contributed by atoms with E-state index >= 15 is 0 Å². The largest absolute Gasteiger partial charge is 0.472 e. The van der Waals surface area contributed by atoms with E-state index in [4.69, 9.17) is 48.2 Å². The van der Waals surface area contributed by atoms with Crippen LogP contribution in [0.15, 0.2) is 52.8 Å². The van der Waals surface area contributed by atoms with E-state index in [9.17, 15) is 53.2 Å². The number of imidazole rings is 1. The van der Waals surface area contributed by atoms with Crippen LogP contribution in [0.3, 0.4) is 0 Å². The number of benzene rings is 1. The summed E-state index contributed by atoms with van der Waals surface area (Å²) in [6, 6.07) is 1.17. The third-order valence-corrected chi connectivity index (χ3v) is 22.8. The predicted molar refractivity (Wildman–Crippen MR) is 332 cm³/mol. The van der Waals surface area contributed by atoms with E-state index in [1.807, 2.05) is 67.5 Å². The first kappa shape index (κ1) is 69.4. The Bertz CT molecular complexity index is 3330. The lowest BCUT2D eigenvalue weighted by Crippen LogP contribution is -2.64. The summed E-state index contributed by atoms with van der Waals surface area (Å²) in [5.74, 6) is -6.20. The van der Waals surface area contributed by atoms with Crippen LogP contribution in [0.4, 0.5) is 0 Å². The number of carbonyl (C=O) groups is 7. The molecule has 18 atom stereocenters. The van der Waals surface area contributed by atoms with Crippen molar-refractivity contribution < 1.29 is 67.0 Å². The minimum atomic E-state index is -5.05. The Morgan fingerprint density at radius 1 is 0.744 bits per heavy atom. The molecule has 8 rings (SSSR count). The first-order valence-electron chi connectivity index (χ1n) is 31.1. The van der Waals surface area contributed by atoms with Crippen LogP contribution >= 0.6 is 7.82 Å². The minimum absolute atomic E-state index is 0.0183. The highest BCUT2D eigenvalue weighted by molar-refractivity contribution is 7.47. The Balaban J connectivity index is 1.18. The number of nitrogens with two attached hydrogens (primary N) is 6. The van der Waals surface area contributed by atoms with Gasteiger partial charge in [0.1, 0.15) is 18.3 Å². The van der Waals surface area contributed by atoms with Crippen LogP contribution in [-0.2, 0) is 51.9 Å². The molecule has 6 aliphatic rings. The summed E-state index contributed by atoms with van der Waals surface area (Å²) < 4.78 is 32.3. The molecule has 7 amide bonds. The molecule has 0 radical (unpaired) electrons. The van der Waals surface area contributed by atoms with Gasteiger partial charge >= 0.3 is 7.82 Å². The van der Waals surface area contributed by atoms with Crippen molar-refractivity contribution in [2.45, 2.75) is 207 Å². The molecule has 0 aliphatic carbocycles. The predicted octanol–water partition coefficient (Wildman–Crippen LogP) is 1.71. The second-order valence-electron chi connectivity index (χ2n) is 27.9. The molecule has 7 heterocycles. The van der Waals surface area contributed by atoms with E-state index in [0.717, 1.165) is 28.0 Å². The van der Waals surface area contributed by atoms with E-state index in [1.54, 1.807) is 4.57 Å². The molecule has 8 bridgehead atoms. The zero-order valence-electron chi connectivity index (χ0n) is 53.6. The number of fused-ring (bicyclic) bond motifs is 10. The van der Waals surface area contributed by atoms with Gasteiger partial charge in [-0.3, -0.25) is 42.6 Å². The number of primary amides is 6. The van der Waals surface area contributed by atoms with Gasteiger partial charge in [0.2, 0.25) is 41.4 Å². The van der Waals surface area contributed by atoms with Crippen molar-refractivity contribution in [1.29, 1.82) is 0 Å². The molecule has 1 aromatic carbocycles. The number of nitrogens with zero attached hydrogens (tertiary/aromatic N) is 2. The molecule has 5 fully saturated rings. The first-order chi connectivity index (χ1) is 41.8. The fourth-order valence-corrected chi connectivity index (χ4v) is 17.8. The molecular weight excluding hydrogens is 1180 g/mol. The summed E-state index contributed by atoms with van der Waals surface area (Å²) >= 11 is 0. The van der Waals surface area contributed by atoms with Gasteiger partial charge in [-0.25, -0.2) is 9.55 Å². The summed E-state index contributed by atoms with van der Waals surface area (Å²) in [5.41, 5.74) is 37.8. The molecule has 5 saturated heterocycles. The molecule has 90 heavy (non-hydrogen) atoms. The molecule has 4 unspecified atom stereocenters. The molecule has 6 aliphatic heterocycles. The van der Waals surface area contributed by atoms with Gasteiger partial charge in [0, 0.05) is 120 Å². The maximum atomic E-state index is 14.4. The Morgan fingerprint density at radius 2 is 1.32 bits per heavy atom. The van der Waals surface area contributed by atoms with Crippen molar-refractivity contribution in [3.8, 4) is 0 Å². The van der Waals surface area contributed by atoms with Gasteiger partial charge < -0.3 is 85.4 Å². The average Bonchev–Trinajstić information content (AvgIpc) is 1.53. The van der Waals surface area contributed by atoms with Crippen LogP contribution in [0.2, 0.25) is 0 Å². The van der Waals surface area contributed by atoms with Crippen LogP contribution < -0.4 is 61.0 Å². The van der Waals surface area contributed by atoms with Gasteiger partial charge in [-0.15, -0.1) is 0 Å². The first-order valence-corrected chi connectivity index (χ1v) is 32.6. The van der Waals surface area contributed by atoms with Crippen molar-refractivity contribution in [2.75, 3.05) is 13.2 Å². The summed E-state index contributed by atoms with van der Waals surface area (Å²) in [5, 5.41) is 40.2. The number of aliphatic hydroxyl groups excluding tert-OH is 2. The normalized spacial score (nSPS) is 36.7. The van der Waals surface area contributed by atoms with E-state index in [0.29, 0.717) is 28.8 Å². The third kappa shape index (κ3) is 13.2. The van der Waals surface area contributed by atoms with E-state index in [2.05, 4.69) is 51.5 Å². The van der Waals surface area contributed by atoms with Gasteiger partial charge in [-0.05, 0) is 125 Å². The number of phosphoric ester groups is 1. The lowest BCUT2D eigenvalue weighted by molar-refractivity contribution is -0.124. The Hall–Kier alpha value is -6.45. The number of carbonyl (C=O) groups excluding carboxylic acids is 7. The summed E-state index contributed by atoms with van der Waals surface area (Å²) in [7, 11) is -5.05. The molecule has 20 N–H and O–H groups in total. The van der Waals surface area contributed by atoms with Gasteiger partial charge in [-0.1, -0.05) is 34.6 Å². The van der Waals surface area contributed by atoms with Crippen molar-refractivity contribution in [3.05, 3.63) is 63.9 Å². The summed E-state index contributed by atoms with van der Waals surface area (Å²) in [6.07, 6.45) is -3.15. The number of rotatable bonds is 26. The summed E-state index contributed by atoms with van der Waals surface area (Å²) in [6.45, 7) is 20.1. The molecule has 0 saturated carbocycles. The van der Waals surface area contributed by atoms with E-state index in [1.165, 1.54) is 13.3 Å². The van der Waals surface area contributed by atoms with Crippen molar-refractivity contribution in [3.63, 3.8) is 0 Å². The number of aliphatic hydroxyl groups is 2. The Kier molecular flexibility index (Phi) is 20.0. The van der Waals surface area contributed by atoms with Crippen molar-refractivity contribution >= 4 is 60.2 Å². The Labute approximate surface area is 525 Å². The highest BCUT2D eigenvalue weighted by Crippen LogP contribution is 2.62. The fourth-order valence-electron chi connectivity index (χ4n) is 16.7. The van der Waals surface area contributed by atoms with Gasteiger partial charge in [0.05, 0.1) is 36.1 Å². The molecule has 498 valence electrons. The van der Waals surface area contributed by atoms with E-state index in [-0.39, 0.29) is 76.7 Å². The zero-order valence-corrected chi connectivity index (χ0v) is 54.5. The maximum Gasteiger partial charge on any atom is 0.472 e. The second kappa shape index (κ2) is 25.9. The number of phosphoric acid groups is 1. The molecule has 1 aromatic heterocycles. The standard InChI is InChI=1S/C62H96N13O14P/c1-29-20-39-40(21-30(29)2)75(28-70-39)57-52(84)53(41(27-76)87-57)89-90(85,86)88-31(3)26-69-49(83)18-19-59(8)37(22-46(66)80)56-62(11)61(10,25-48(68)82)36(14-17-45(65)79)51(74-62)33(5)55-60(9,24-47(67)81)34(12-15-43(63)77)38(71-55)23-42-58(6,7)35(13-16-44(64)78)50(72-42)32(4)54(59)73-56/h20-21,23,28,31,34-38,41,50-53,56-57,71-74,76,84H,12-19,22,24-27H2,1-11H3,(H2,63,77)(H2,64,78)(H2,65,79)(H2,66,80)(H2,67,81)(H2,68,82)(H,69,83)(H,85,86)/b42-23+,54-32-,55-33-/t31-,34-,35-,36-,37+,38?,41-,50?,51?,52-,53-,56-,57+,59-,60+,61+,62+/m1/s1. The monoisotopic (exact) mass is 1280 g/mol. The molecule has 28 heteroatoms. The smallest absolute Gasteiger partial charge is 0.394 e. The maximum absolute atomic E-state index is 14.4. The molecule has 27 nitrogen and oxygen atoms in total. The quantitative estimate of drug-likeness (QED) is 0.0596. The van der Waals surface area contributed by atoms with Crippen LogP contribution in [0.25, 0.3) is 11.0 Å². The average molecular weight is 1280 g/mol. The minimum Gasteiger partial charge on any atom is -0.394 e. The van der Waals surface area contributed by atoms with Crippen LogP contribution in [-0.4, -0.2) is 133 Å². The van der Waals surface area contributed by atoms with Gasteiger partial charge in [-0.2, -0.15) is 0 Å². The third-order valence-electron chi connectivity index (χ3n) is 21.7. The number of amides is 7. The number of ether oxygens (including phenoxy) is 1. The molecule has 2 aromatic rings. The molecular formula is C62H96N13O14P. The number of hydrogen-bond acceptors (Lipinski definition) is 18. The Morgan fingerprint density at radius 3 is 1.91 bits per heavy atom. The topological polar surface area (TPSA) is 459 Å². The number of nitrogens with one attached hydrogen (secondary N) is 5. The second-order valence-corrected chi connectivity index (χ2v) is 29.2.